The summed E-state index contributed by atoms with van der Waals surface area (Å²) in [7, 11) is 0. The van der Waals surface area contributed by atoms with E-state index < -0.39 is 23.7 Å². The maximum absolute atomic E-state index is 13.1. The van der Waals surface area contributed by atoms with Gasteiger partial charge in [-0.1, -0.05) is 12.1 Å². The van der Waals surface area contributed by atoms with Gasteiger partial charge in [0.05, 0.1) is 34.9 Å². The van der Waals surface area contributed by atoms with Gasteiger partial charge in [0.1, 0.15) is 5.82 Å². The van der Waals surface area contributed by atoms with E-state index in [4.69, 9.17) is 5.11 Å². The average Bonchev–Trinajstić information content (AvgIpc) is 2.62. The number of amides is 1. The van der Waals surface area contributed by atoms with Crippen LogP contribution in [0, 0.1) is 19.7 Å². The monoisotopic (exact) mass is 367 g/mol. The molecule has 6 nitrogen and oxygen atoms in total. The topological polar surface area (TPSA) is 92.2 Å². The lowest BCUT2D eigenvalue weighted by molar-refractivity contribution is -0.137. The van der Waals surface area contributed by atoms with Crippen LogP contribution in [0.1, 0.15) is 39.8 Å². The largest absolute Gasteiger partial charge is 0.481 e. The molecule has 0 saturated carbocycles. The van der Waals surface area contributed by atoms with Gasteiger partial charge in [-0.15, -0.1) is 0 Å². The lowest BCUT2D eigenvalue weighted by atomic mass is 10.0. The Balaban J connectivity index is 1.88. The summed E-state index contributed by atoms with van der Waals surface area (Å²) in [6.07, 6.45) is -0.316. The van der Waals surface area contributed by atoms with E-state index in [-0.39, 0.29) is 6.42 Å². The smallest absolute Gasteiger partial charge is 0.305 e. The fraction of sp³-hybridized carbons (Fsp3) is 0.200. The Hall–Kier alpha value is -3.35. The van der Waals surface area contributed by atoms with Crippen molar-refractivity contribution in [3.63, 3.8) is 0 Å². The van der Waals surface area contributed by atoms with Crippen molar-refractivity contribution in [2.24, 2.45) is 0 Å². The molecular weight excluding hydrogens is 349 g/mol. The van der Waals surface area contributed by atoms with E-state index in [0.717, 1.165) is 11.4 Å². The number of benzene rings is 2. The molecule has 0 aliphatic carbocycles. The van der Waals surface area contributed by atoms with E-state index in [2.05, 4.69) is 15.3 Å². The van der Waals surface area contributed by atoms with Crippen LogP contribution in [0.15, 0.2) is 42.5 Å². The molecule has 1 heterocycles. The molecule has 1 amide bonds. The number of hydrogen-bond donors (Lipinski definition) is 2. The summed E-state index contributed by atoms with van der Waals surface area (Å²) in [5.41, 5.74) is 3.71. The molecule has 1 unspecified atom stereocenters. The number of halogens is 1. The van der Waals surface area contributed by atoms with Crippen LogP contribution in [0.4, 0.5) is 4.39 Å². The number of carboxylic acid groups (broad SMARTS) is 1. The summed E-state index contributed by atoms with van der Waals surface area (Å²) in [6.45, 7) is 3.70. The molecule has 1 atom stereocenters. The second kappa shape index (κ2) is 7.49. The van der Waals surface area contributed by atoms with Gasteiger partial charge in [0.25, 0.3) is 5.91 Å². The van der Waals surface area contributed by atoms with Crippen molar-refractivity contribution in [2.75, 3.05) is 0 Å². The number of rotatable bonds is 5. The Labute approximate surface area is 155 Å². The molecule has 2 N–H and O–H groups in total. The highest BCUT2D eigenvalue weighted by Gasteiger charge is 2.19. The Kier molecular flexibility index (Phi) is 5.12. The van der Waals surface area contributed by atoms with Crippen LogP contribution < -0.4 is 5.32 Å². The molecule has 3 rings (SSSR count). The first kappa shape index (κ1) is 18.4. The molecule has 0 saturated heterocycles. The number of aromatic nitrogens is 2. The third-order valence-corrected chi connectivity index (χ3v) is 4.29. The van der Waals surface area contributed by atoms with E-state index in [1.54, 1.807) is 18.2 Å². The number of hydrogen-bond acceptors (Lipinski definition) is 4. The van der Waals surface area contributed by atoms with Crippen LogP contribution in [0.2, 0.25) is 0 Å². The number of fused-ring (bicyclic) bond motifs is 1. The minimum atomic E-state index is -1.07. The Morgan fingerprint density at radius 3 is 2.30 bits per heavy atom. The minimum absolute atomic E-state index is 0.316. The number of nitrogens with zero attached hydrogens (tertiary/aromatic N) is 2. The molecule has 0 bridgehead atoms. The van der Waals surface area contributed by atoms with Crippen molar-refractivity contribution in [2.45, 2.75) is 26.3 Å². The lowest BCUT2D eigenvalue weighted by Gasteiger charge is -2.17. The van der Waals surface area contributed by atoms with E-state index >= 15 is 0 Å². The predicted octanol–water partition coefficient (Wildman–Crippen LogP) is 3.33. The van der Waals surface area contributed by atoms with Gasteiger partial charge in [-0.2, -0.15) is 0 Å². The molecule has 2 aromatic carbocycles. The predicted molar refractivity (Wildman–Crippen MR) is 97.9 cm³/mol. The molecule has 7 heteroatoms. The summed E-state index contributed by atoms with van der Waals surface area (Å²) < 4.78 is 13.1. The second-order valence-electron chi connectivity index (χ2n) is 6.27. The van der Waals surface area contributed by atoms with Gasteiger partial charge >= 0.3 is 5.97 Å². The molecule has 0 aliphatic rings. The lowest BCUT2D eigenvalue weighted by Crippen LogP contribution is -2.30. The number of nitrogens with one attached hydrogen (secondary N) is 1. The van der Waals surface area contributed by atoms with Crippen LogP contribution in [-0.2, 0) is 4.79 Å². The van der Waals surface area contributed by atoms with Gasteiger partial charge in [-0.25, -0.2) is 14.4 Å². The summed E-state index contributed by atoms with van der Waals surface area (Å²) >= 11 is 0. The number of carbonyl (C=O) groups excluding carboxylic acids is 1. The highest BCUT2D eigenvalue weighted by atomic mass is 19.1. The third-order valence-electron chi connectivity index (χ3n) is 4.29. The van der Waals surface area contributed by atoms with Crippen molar-refractivity contribution in [1.82, 2.24) is 15.3 Å². The summed E-state index contributed by atoms with van der Waals surface area (Å²) in [4.78, 5) is 32.7. The fourth-order valence-corrected chi connectivity index (χ4v) is 2.74. The minimum Gasteiger partial charge on any atom is -0.481 e. The van der Waals surface area contributed by atoms with E-state index in [9.17, 15) is 14.0 Å². The molecule has 0 spiro atoms. The SMILES string of the molecule is Cc1nc2ccc(C(=O)NC(CC(=O)O)c3ccc(F)cc3)cc2nc1C. The first-order valence-corrected chi connectivity index (χ1v) is 8.36. The van der Waals surface area contributed by atoms with Crippen LogP contribution >= 0.6 is 0 Å². The van der Waals surface area contributed by atoms with Gasteiger partial charge in [0.15, 0.2) is 0 Å². The maximum atomic E-state index is 13.1. The van der Waals surface area contributed by atoms with E-state index in [0.29, 0.717) is 22.2 Å². The molecule has 3 aromatic rings. The van der Waals surface area contributed by atoms with Crippen LogP contribution in [0.25, 0.3) is 11.0 Å². The highest BCUT2D eigenvalue weighted by Crippen LogP contribution is 2.20. The van der Waals surface area contributed by atoms with E-state index in [1.807, 2.05) is 13.8 Å². The number of aliphatic carboxylic acids is 1. The molecule has 27 heavy (non-hydrogen) atoms. The first-order valence-electron chi connectivity index (χ1n) is 8.36. The highest BCUT2D eigenvalue weighted by molar-refractivity contribution is 5.97. The molecule has 0 radical (unpaired) electrons. The third kappa shape index (κ3) is 4.25. The second-order valence-corrected chi connectivity index (χ2v) is 6.27. The van der Waals surface area contributed by atoms with Gasteiger partial charge in [-0.05, 0) is 49.7 Å². The normalized spacial score (nSPS) is 12.0. The van der Waals surface area contributed by atoms with Gasteiger partial charge < -0.3 is 10.4 Å². The molecule has 0 fully saturated rings. The number of aryl methyl sites for hydroxylation is 2. The zero-order valence-corrected chi connectivity index (χ0v) is 14.9. The fourth-order valence-electron chi connectivity index (χ4n) is 2.74. The van der Waals surface area contributed by atoms with Crippen LogP contribution in [0.3, 0.4) is 0 Å². The molecule has 138 valence electrons. The standard InChI is InChI=1S/C20H18FN3O3/c1-11-12(2)23-18-9-14(5-8-16(18)22-11)20(27)24-17(10-19(25)26)13-3-6-15(21)7-4-13/h3-9,17H,10H2,1-2H3,(H,24,27)(H,25,26). The Bertz CT molecular complexity index is 1020. The van der Waals surface area contributed by atoms with Crippen molar-refractivity contribution in [3.8, 4) is 0 Å². The zero-order chi connectivity index (χ0) is 19.6. The van der Waals surface area contributed by atoms with Gasteiger partial charge in [0, 0.05) is 5.56 Å². The molecular formula is C20H18FN3O3. The van der Waals surface area contributed by atoms with Gasteiger partial charge in [-0.3, -0.25) is 9.59 Å². The zero-order valence-electron chi connectivity index (χ0n) is 14.9. The first-order chi connectivity index (χ1) is 12.8. The number of carbonyl (C=O) groups is 2. The molecule has 0 aliphatic heterocycles. The molecule has 1 aromatic heterocycles. The quantitative estimate of drug-likeness (QED) is 0.722. The number of carboxylic acids is 1. The van der Waals surface area contributed by atoms with Crippen molar-refractivity contribution >= 4 is 22.9 Å². The van der Waals surface area contributed by atoms with Gasteiger partial charge in [0.2, 0.25) is 0 Å². The van der Waals surface area contributed by atoms with Crippen LogP contribution in [-0.4, -0.2) is 27.0 Å². The average molecular weight is 367 g/mol. The van der Waals surface area contributed by atoms with E-state index in [1.165, 1.54) is 24.3 Å². The Morgan fingerprint density at radius 1 is 1.04 bits per heavy atom. The summed E-state index contributed by atoms with van der Waals surface area (Å²) in [5.74, 6) is -1.94. The summed E-state index contributed by atoms with van der Waals surface area (Å²) in [6, 6.07) is 9.53. The van der Waals surface area contributed by atoms with Crippen molar-refractivity contribution in [1.29, 1.82) is 0 Å². The maximum Gasteiger partial charge on any atom is 0.305 e. The Morgan fingerprint density at radius 2 is 1.67 bits per heavy atom. The van der Waals surface area contributed by atoms with Crippen molar-refractivity contribution in [3.05, 3.63) is 70.8 Å². The van der Waals surface area contributed by atoms with Crippen LogP contribution in [0.5, 0.6) is 0 Å². The summed E-state index contributed by atoms with van der Waals surface area (Å²) in [5, 5.41) is 11.8. The van der Waals surface area contributed by atoms with Crippen molar-refractivity contribution < 1.29 is 19.1 Å².